The smallest absolute Gasteiger partial charge is 0.175 e. The van der Waals surface area contributed by atoms with Crippen molar-refractivity contribution in [2.45, 2.75) is 32.2 Å². The van der Waals surface area contributed by atoms with E-state index >= 15 is 0 Å². The molecule has 0 amide bonds. The summed E-state index contributed by atoms with van der Waals surface area (Å²) in [6.07, 6.45) is 5.95. The zero-order chi connectivity index (χ0) is 12.8. The Labute approximate surface area is 112 Å². The lowest BCUT2D eigenvalue weighted by molar-refractivity contribution is 0.548. The number of piperidine rings is 1. The Morgan fingerprint density at radius 3 is 2.53 bits per heavy atom. The van der Waals surface area contributed by atoms with E-state index in [1.807, 2.05) is 25.3 Å². The number of hydrogen-bond donors (Lipinski definition) is 0. The van der Waals surface area contributed by atoms with E-state index in [0.29, 0.717) is 6.04 Å². The summed E-state index contributed by atoms with van der Waals surface area (Å²) in [5.41, 5.74) is 0.989. The van der Waals surface area contributed by atoms with Crippen molar-refractivity contribution in [1.82, 2.24) is 20.0 Å². The van der Waals surface area contributed by atoms with Gasteiger partial charge in [0, 0.05) is 18.8 Å². The van der Waals surface area contributed by atoms with Crippen LogP contribution in [-0.2, 0) is 0 Å². The summed E-state index contributed by atoms with van der Waals surface area (Å²) in [6, 6.07) is 6.73. The first kappa shape index (κ1) is 11.0. The molecule has 2 atom stereocenters. The van der Waals surface area contributed by atoms with Crippen molar-refractivity contribution in [1.29, 1.82) is 0 Å². The molecule has 0 spiro atoms. The predicted octanol–water partition coefficient (Wildman–Crippen LogP) is 1.96. The van der Waals surface area contributed by atoms with Crippen LogP contribution in [0.1, 0.15) is 25.0 Å². The lowest BCUT2D eigenvalue weighted by Gasteiger charge is -2.27. The fraction of sp³-hybridized carbons (Fsp3) is 0.500. The number of aromatic nitrogens is 4. The quantitative estimate of drug-likeness (QED) is 0.823. The number of aryl methyl sites for hydroxylation is 1. The minimum Gasteiger partial charge on any atom is -0.352 e. The van der Waals surface area contributed by atoms with E-state index in [9.17, 15) is 0 Å². The largest absolute Gasteiger partial charge is 0.352 e. The molecule has 2 fully saturated rings. The van der Waals surface area contributed by atoms with Gasteiger partial charge in [-0.2, -0.15) is 5.10 Å². The van der Waals surface area contributed by atoms with Crippen LogP contribution in [0.3, 0.4) is 0 Å². The van der Waals surface area contributed by atoms with Gasteiger partial charge >= 0.3 is 0 Å². The molecule has 19 heavy (non-hydrogen) atoms. The van der Waals surface area contributed by atoms with Gasteiger partial charge in [0.05, 0.1) is 5.69 Å². The second-order valence-corrected chi connectivity index (χ2v) is 5.64. The van der Waals surface area contributed by atoms with Crippen LogP contribution in [0.2, 0.25) is 0 Å². The van der Waals surface area contributed by atoms with E-state index < -0.39 is 0 Å². The first-order valence-electron chi connectivity index (χ1n) is 6.92. The summed E-state index contributed by atoms with van der Waals surface area (Å²) in [5, 5.41) is 13.0. The topological polar surface area (TPSA) is 46.8 Å². The third kappa shape index (κ3) is 1.80. The average molecular weight is 255 g/mol. The van der Waals surface area contributed by atoms with Crippen molar-refractivity contribution >= 4 is 5.82 Å². The molecular weight excluding hydrogens is 238 g/mol. The van der Waals surface area contributed by atoms with Crippen molar-refractivity contribution in [2.75, 3.05) is 11.4 Å². The van der Waals surface area contributed by atoms with Gasteiger partial charge in [0.25, 0.3) is 0 Å². The van der Waals surface area contributed by atoms with Crippen molar-refractivity contribution < 1.29 is 0 Å². The van der Waals surface area contributed by atoms with Gasteiger partial charge in [0.1, 0.15) is 0 Å². The van der Waals surface area contributed by atoms with Crippen LogP contribution >= 0.6 is 0 Å². The summed E-state index contributed by atoms with van der Waals surface area (Å²) in [4.78, 5) is 2.42. The van der Waals surface area contributed by atoms with Crippen LogP contribution in [0, 0.1) is 12.8 Å². The van der Waals surface area contributed by atoms with E-state index in [4.69, 9.17) is 0 Å². The lowest BCUT2D eigenvalue weighted by Crippen LogP contribution is -2.32. The fourth-order valence-corrected chi connectivity index (χ4v) is 3.34. The fourth-order valence-electron chi connectivity index (χ4n) is 3.34. The number of nitrogens with zero attached hydrogens (tertiary/aromatic N) is 5. The molecule has 1 aliphatic heterocycles. The van der Waals surface area contributed by atoms with Gasteiger partial charge in [-0.25, -0.2) is 4.68 Å². The van der Waals surface area contributed by atoms with Crippen LogP contribution < -0.4 is 4.90 Å². The summed E-state index contributed by atoms with van der Waals surface area (Å²) in [6.45, 7) is 3.12. The molecule has 3 heterocycles. The van der Waals surface area contributed by atoms with Gasteiger partial charge < -0.3 is 4.90 Å². The minimum atomic E-state index is 0.692. The predicted molar refractivity (Wildman–Crippen MR) is 72.4 cm³/mol. The van der Waals surface area contributed by atoms with Crippen molar-refractivity contribution in [3.63, 3.8) is 0 Å². The minimum absolute atomic E-state index is 0.692. The highest BCUT2D eigenvalue weighted by molar-refractivity contribution is 5.43. The van der Waals surface area contributed by atoms with E-state index in [-0.39, 0.29) is 0 Å². The van der Waals surface area contributed by atoms with Crippen LogP contribution in [-0.4, -0.2) is 32.6 Å². The molecule has 0 radical (unpaired) electrons. The molecule has 98 valence electrons. The van der Waals surface area contributed by atoms with E-state index in [2.05, 4.69) is 26.3 Å². The molecule has 0 N–H and O–H groups in total. The van der Waals surface area contributed by atoms with Gasteiger partial charge in [0.2, 0.25) is 0 Å². The number of rotatable bonds is 2. The van der Waals surface area contributed by atoms with Crippen LogP contribution in [0.15, 0.2) is 24.4 Å². The first-order valence-corrected chi connectivity index (χ1v) is 6.92. The Hall–Kier alpha value is -1.91. The molecule has 1 saturated carbocycles. The second kappa shape index (κ2) is 4.05. The summed E-state index contributed by atoms with van der Waals surface area (Å²) < 4.78 is 1.77. The maximum atomic E-state index is 4.38. The highest BCUT2D eigenvalue weighted by atomic mass is 15.4. The highest BCUT2D eigenvalue weighted by Gasteiger charge is 2.38. The second-order valence-electron chi connectivity index (χ2n) is 5.64. The van der Waals surface area contributed by atoms with E-state index in [0.717, 1.165) is 29.8 Å². The Kier molecular flexibility index (Phi) is 2.33. The molecule has 2 aliphatic rings. The Bertz CT molecular complexity index is 588. The SMILES string of the molecule is Cc1ccn(-c2ccc(N3C[C@H]4CC[C@@H]3C4)nn2)n1. The molecule has 2 aromatic heterocycles. The zero-order valence-electron chi connectivity index (χ0n) is 11.0. The molecule has 5 heteroatoms. The van der Waals surface area contributed by atoms with Crippen LogP contribution in [0.4, 0.5) is 5.82 Å². The zero-order valence-corrected chi connectivity index (χ0v) is 11.0. The molecule has 1 saturated heterocycles. The van der Waals surface area contributed by atoms with Gasteiger partial charge in [-0.3, -0.25) is 0 Å². The van der Waals surface area contributed by atoms with Crippen molar-refractivity contribution in [3.8, 4) is 5.82 Å². The molecule has 4 rings (SSSR count). The molecule has 1 aliphatic carbocycles. The normalized spacial score (nSPS) is 25.2. The molecule has 5 nitrogen and oxygen atoms in total. The van der Waals surface area contributed by atoms with E-state index in [1.165, 1.54) is 19.3 Å². The van der Waals surface area contributed by atoms with Crippen LogP contribution in [0.25, 0.3) is 5.82 Å². The van der Waals surface area contributed by atoms with E-state index in [1.54, 1.807) is 4.68 Å². The number of fused-ring (bicyclic) bond motifs is 2. The average Bonchev–Trinajstić information content (AvgIpc) is 3.14. The summed E-state index contributed by atoms with van der Waals surface area (Å²) >= 11 is 0. The summed E-state index contributed by atoms with van der Waals surface area (Å²) in [5.74, 6) is 2.67. The highest BCUT2D eigenvalue weighted by Crippen LogP contribution is 2.39. The third-order valence-corrected chi connectivity index (χ3v) is 4.30. The van der Waals surface area contributed by atoms with Crippen molar-refractivity contribution in [2.24, 2.45) is 5.92 Å². The Morgan fingerprint density at radius 2 is 1.95 bits per heavy atom. The summed E-state index contributed by atoms with van der Waals surface area (Å²) in [7, 11) is 0. The number of hydrogen-bond acceptors (Lipinski definition) is 4. The van der Waals surface area contributed by atoms with Gasteiger partial charge in [-0.1, -0.05) is 0 Å². The maximum absolute atomic E-state index is 4.38. The Morgan fingerprint density at radius 1 is 1.11 bits per heavy atom. The van der Waals surface area contributed by atoms with Crippen LogP contribution in [0.5, 0.6) is 0 Å². The maximum Gasteiger partial charge on any atom is 0.175 e. The van der Waals surface area contributed by atoms with Gasteiger partial charge in [-0.05, 0) is 50.3 Å². The molecule has 2 aromatic rings. The number of anilines is 1. The first-order chi connectivity index (χ1) is 9.29. The Balaban J connectivity index is 1.59. The van der Waals surface area contributed by atoms with Crippen molar-refractivity contribution in [3.05, 3.63) is 30.1 Å². The lowest BCUT2D eigenvalue weighted by atomic mass is 10.1. The molecular formula is C14H17N5. The third-order valence-electron chi connectivity index (χ3n) is 4.30. The monoisotopic (exact) mass is 255 g/mol. The molecule has 0 unspecified atom stereocenters. The van der Waals surface area contributed by atoms with Gasteiger partial charge in [-0.15, -0.1) is 10.2 Å². The molecule has 0 aromatic carbocycles. The standard InChI is InChI=1S/C14H17N5/c1-10-6-7-19(17-10)14-5-4-13(15-16-14)18-9-11-2-3-12(18)8-11/h4-7,11-12H,2-3,8-9H2,1H3/t11-,12+/m0/s1. The van der Waals surface area contributed by atoms with Gasteiger partial charge in [0.15, 0.2) is 11.6 Å². The molecule has 2 bridgehead atoms.